The number of aromatic nitrogens is 1. The van der Waals surface area contributed by atoms with Gasteiger partial charge < -0.3 is 16.0 Å². The van der Waals surface area contributed by atoms with Crippen LogP contribution in [0.5, 0.6) is 0 Å². The molecule has 1 aromatic carbocycles. The summed E-state index contributed by atoms with van der Waals surface area (Å²) in [7, 11) is 2.09. The summed E-state index contributed by atoms with van der Waals surface area (Å²) < 4.78 is 2.22. The first-order chi connectivity index (χ1) is 9.65. The summed E-state index contributed by atoms with van der Waals surface area (Å²) in [6.45, 7) is 0. The van der Waals surface area contributed by atoms with Crippen LogP contribution in [0, 0.1) is 0 Å². The van der Waals surface area contributed by atoms with Gasteiger partial charge in [-0.3, -0.25) is 0 Å². The largest absolute Gasteiger partial charge is 0.399 e. The number of benzene rings is 1. The highest BCUT2D eigenvalue weighted by atomic mass is 15.0. The number of allylic oxidation sites excluding steroid dienone is 3. The van der Waals surface area contributed by atoms with E-state index in [1.807, 2.05) is 24.3 Å². The van der Waals surface area contributed by atoms with E-state index in [1.54, 1.807) is 0 Å². The molecule has 4 N–H and O–H groups in total. The van der Waals surface area contributed by atoms with Gasteiger partial charge in [0, 0.05) is 41.3 Å². The maximum atomic E-state index is 5.90. The van der Waals surface area contributed by atoms with Crippen LogP contribution < -0.4 is 11.5 Å². The molecule has 3 rings (SSSR count). The molecule has 0 aliphatic heterocycles. The molecule has 1 aliphatic carbocycles. The minimum Gasteiger partial charge on any atom is -0.399 e. The van der Waals surface area contributed by atoms with Crippen LogP contribution in [0.3, 0.4) is 0 Å². The lowest BCUT2D eigenvalue weighted by atomic mass is 9.96. The van der Waals surface area contributed by atoms with Crippen LogP contribution in [0.15, 0.2) is 60.3 Å². The number of nitrogens with zero attached hydrogens (tertiary/aromatic N) is 1. The molecule has 0 amide bonds. The van der Waals surface area contributed by atoms with E-state index >= 15 is 0 Å². The Labute approximate surface area is 119 Å². The summed E-state index contributed by atoms with van der Waals surface area (Å²) in [5.74, 6) is 0.347. The van der Waals surface area contributed by atoms with E-state index in [-0.39, 0.29) is 0 Å². The minimum absolute atomic E-state index is 0.347. The zero-order valence-electron chi connectivity index (χ0n) is 11.6. The summed E-state index contributed by atoms with van der Waals surface area (Å²) in [5, 5.41) is 0. The molecule has 20 heavy (non-hydrogen) atoms. The second-order valence-corrected chi connectivity index (χ2v) is 5.24. The van der Waals surface area contributed by atoms with Crippen LogP contribution in [0.25, 0.3) is 11.3 Å². The summed E-state index contributed by atoms with van der Waals surface area (Å²) >= 11 is 0. The second-order valence-electron chi connectivity index (χ2n) is 5.24. The average molecular weight is 265 g/mol. The van der Waals surface area contributed by atoms with E-state index in [1.165, 1.54) is 11.4 Å². The topological polar surface area (TPSA) is 57.0 Å². The standard InChI is InChI=1S/C17H19N3/c1-20-16(12-4-2-6-14(18)10-12)8-9-17(20)13-5-3-7-15(19)11-13/h2-4,6-11,13H,5,18-19H2,1H3. The SMILES string of the molecule is Cn1c(-c2cccc(N)c2)ccc1C1C=C(N)C=CC1. The predicted octanol–water partition coefficient (Wildman–Crippen LogP) is 3.16. The highest BCUT2D eigenvalue weighted by Crippen LogP contribution is 2.31. The Kier molecular flexibility index (Phi) is 3.11. The Morgan fingerprint density at radius 1 is 1.15 bits per heavy atom. The van der Waals surface area contributed by atoms with Gasteiger partial charge in [0.05, 0.1) is 0 Å². The van der Waals surface area contributed by atoms with Crippen molar-refractivity contribution in [3.8, 4) is 11.3 Å². The van der Waals surface area contributed by atoms with Crippen molar-refractivity contribution in [3.63, 3.8) is 0 Å². The monoisotopic (exact) mass is 265 g/mol. The van der Waals surface area contributed by atoms with Gasteiger partial charge in [0.1, 0.15) is 0 Å². The van der Waals surface area contributed by atoms with Crippen LogP contribution in [-0.2, 0) is 7.05 Å². The quantitative estimate of drug-likeness (QED) is 0.819. The van der Waals surface area contributed by atoms with Crippen molar-refractivity contribution >= 4 is 5.69 Å². The smallest absolute Gasteiger partial charge is 0.0480 e. The maximum absolute atomic E-state index is 5.90. The molecule has 2 aromatic rings. The maximum Gasteiger partial charge on any atom is 0.0480 e. The molecular formula is C17H19N3. The minimum atomic E-state index is 0.347. The summed E-state index contributed by atoms with van der Waals surface area (Å²) in [4.78, 5) is 0. The number of nitrogen functional groups attached to an aromatic ring is 1. The Hall–Kier alpha value is -2.42. The first kappa shape index (κ1) is 12.6. The van der Waals surface area contributed by atoms with E-state index in [4.69, 9.17) is 11.5 Å². The third-order valence-electron chi connectivity index (χ3n) is 3.82. The van der Waals surface area contributed by atoms with Crippen molar-refractivity contribution < 1.29 is 0 Å². The molecule has 1 unspecified atom stereocenters. The fraction of sp³-hybridized carbons (Fsp3) is 0.176. The average Bonchev–Trinajstić information content (AvgIpc) is 2.80. The highest BCUT2D eigenvalue weighted by molar-refractivity contribution is 5.65. The third kappa shape index (κ3) is 2.23. The molecule has 102 valence electrons. The molecule has 0 saturated carbocycles. The summed E-state index contributed by atoms with van der Waals surface area (Å²) in [6.07, 6.45) is 7.22. The molecule has 0 saturated heterocycles. The number of hydrogen-bond donors (Lipinski definition) is 2. The first-order valence-electron chi connectivity index (χ1n) is 6.80. The number of hydrogen-bond acceptors (Lipinski definition) is 2. The van der Waals surface area contributed by atoms with Crippen molar-refractivity contribution in [2.24, 2.45) is 12.8 Å². The van der Waals surface area contributed by atoms with E-state index in [2.05, 4.69) is 42.0 Å². The van der Waals surface area contributed by atoms with Crippen molar-refractivity contribution in [1.29, 1.82) is 0 Å². The van der Waals surface area contributed by atoms with Crippen molar-refractivity contribution in [1.82, 2.24) is 4.57 Å². The molecule has 0 radical (unpaired) electrons. The van der Waals surface area contributed by atoms with Crippen molar-refractivity contribution in [2.45, 2.75) is 12.3 Å². The van der Waals surface area contributed by atoms with Gasteiger partial charge in [-0.15, -0.1) is 0 Å². The lowest BCUT2D eigenvalue weighted by molar-refractivity contribution is 0.739. The van der Waals surface area contributed by atoms with Crippen molar-refractivity contribution in [2.75, 3.05) is 5.73 Å². The zero-order valence-corrected chi connectivity index (χ0v) is 11.6. The number of nitrogens with two attached hydrogens (primary N) is 2. The fourth-order valence-electron chi connectivity index (χ4n) is 2.80. The zero-order chi connectivity index (χ0) is 14.1. The van der Waals surface area contributed by atoms with E-state index in [0.717, 1.165) is 23.4 Å². The van der Waals surface area contributed by atoms with Gasteiger partial charge in [0.25, 0.3) is 0 Å². The Bertz CT molecular complexity index is 692. The van der Waals surface area contributed by atoms with Crippen LogP contribution in [-0.4, -0.2) is 4.57 Å². The summed E-state index contributed by atoms with van der Waals surface area (Å²) in [6, 6.07) is 12.3. The molecule has 0 fully saturated rings. The fourth-order valence-corrected chi connectivity index (χ4v) is 2.80. The van der Waals surface area contributed by atoms with E-state index < -0.39 is 0 Å². The molecule has 1 atom stereocenters. The highest BCUT2D eigenvalue weighted by Gasteiger charge is 2.16. The Morgan fingerprint density at radius 2 is 2.00 bits per heavy atom. The van der Waals surface area contributed by atoms with Gasteiger partial charge in [0.15, 0.2) is 0 Å². The van der Waals surface area contributed by atoms with Gasteiger partial charge in [-0.2, -0.15) is 0 Å². The molecule has 3 heteroatoms. The predicted molar refractivity (Wildman–Crippen MR) is 84.0 cm³/mol. The number of rotatable bonds is 2. The Morgan fingerprint density at radius 3 is 2.75 bits per heavy atom. The second kappa shape index (κ2) is 4.93. The molecular weight excluding hydrogens is 246 g/mol. The lowest BCUT2D eigenvalue weighted by Crippen LogP contribution is -2.08. The van der Waals surface area contributed by atoms with Gasteiger partial charge in [-0.05, 0) is 36.8 Å². The van der Waals surface area contributed by atoms with E-state index in [9.17, 15) is 0 Å². The third-order valence-corrected chi connectivity index (χ3v) is 3.82. The summed E-state index contributed by atoms with van der Waals surface area (Å²) in [5.41, 5.74) is 17.0. The van der Waals surface area contributed by atoms with Gasteiger partial charge in [-0.25, -0.2) is 0 Å². The molecule has 1 aliphatic rings. The first-order valence-corrected chi connectivity index (χ1v) is 6.80. The normalized spacial score (nSPS) is 18.1. The van der Waals surface area contributed by atoms with Crippen LogP contribution in [0.4, 0.5) is 5.69 Å². The molecule has 0 spiro atoms. The van der Waals surface area contributed by atoms with Gasteiger partial charge >= 0.3 is 0 Å². The molecule has 1 heterocycles. The van der Waals surface area contributed by atoms with Gasteiger partial charge in [0.2, 0.25) is 0 Å². The number of anilines is 1. The van der Waals surface area contributed by atoms with E-state index in [0.29, 0.717) is 5.92 Å². The molecule has 1 aromatic heterocycles. The molecule has 3 nitrogen and oxygen atoms in total. The van der Waals surface area contributed by atoms with Crippen molar-refractivity contribution in [3.05, 3.63) is 66.0 Å². The van der Waals surface area contributed by atoms with Gasteiger partial charge in [-0.1, -0.05) is 24.3 Å². The molecule has 0 bridgehead atoms. The Balaban J connectivity index is 1.99. The van der Waals surface area contributed by atoms with Crippen LogP contribution in [0.1, 0.15) is 18.0 Å². The van der Waals surface area contributed by atoms with Crippen LogP contribution in [0.2, 0.25) is 0 Å². The lowest BCUT2D eigenvalue weighted by Gasteiger charge is -2.17. The van der Waals surface area contributed by atoms with Crippen LogP contribution >= 0.6 is 0 Å².